The van der Waals surface area contributed by atoms with Gasteiger partial charge >= 0.3 is 0 Å². The zero-order valence-corrected chi connectivity index (χ0v) is 11.3. The third kappa shape index (κ3) is 3.59. The standard InChI is InChI=1S/C12H12BrN3O2/c1-16-7-6-11(15-16)14-12(17)8-18-10-4-2-9(13)3-5-10/h2-7H,8H2,1H3,(H,14,15,17). The van der Waals surface area contributed by atoms with Gasteiger partial charge in [-0.3, -0.25) is 9.48 Å². The molecule has 0 saturated carbocycles. The first kappa shape index (κ1) is 12.6. The summed E-state index contributed by atoms with van der Waals surface area (Å²) in [6.45, 7) is -0.0434. The lowest BCUT2D eigenvalue weighted by Gasteiger charge is -2.05. The van der Waals surface area contributed by atoms with Gasteiger partial charge in [0.1, 0.15) is 5.75 Å². The summed E-state index contributed by atoms with van der Waals surface area (Å²) in [7, 11) is 1.79. The van der Waals surface area contributed by atoms with E-state index in [2.05, 4.69) is 26.3 Å². The fourth-order valence-electron chi connectivity index (χ4n) is 1.34. The fourth-order valence-corrected chi connectivity index (χ4v) is 1.60. The molecule has 0 fully saturated rings. The lowest BCUT2D eigenvalue weighted by Crippen LogP contribution is -2.20. The van der Waals surface area contributed by atoms with Crippen molar-refractivity contribution in [3.05, 3.63) is 41.0 Å². The quantitative estimate of drug-likeness (QED) is 0.942. The van der Waals surface area contributed by atoms with Gasteiger partial charge in [0.2, 0.25) is 0 Å². The molecule has 0 aliphatic carbocycles. The second-order valence-electron chi connectivity index (χ2n) is 3.67. The van der Waals surface area contributed by atoms with Crippen molar-refractivity contribution in [3.8, 4) is 5.75 Å². The molecule has 94 valence electrons. The molecule has 1 aromatic heterocycles. The number of aromatic nitrogens is 2. The zero-order chi connectivity index (χ0) is 13.0. The van der Waals surface area contributed by atoms with Gasteiger partial charge in [-0.1, -0.05) is 15.9 Å². The maximum absolute atomic E-state index is 11.6. The number of hydrogen-bond acceptors (Lipinski definition) is 3. The van der Waals surface area contributed by atoms with Crippen molar-refractivity contribution >= 4 is 27.7 Å². The van der Waals surface area contributed by atoms with E-state index in [9.17, 15) is 4.79 Å². The van der Waals surface area contributed by atoms with E-state index >= 15 is 0 Å². The number of carbonyl (C=O) groups excluding carboxylic acids is 1. The van der Waals surface area contributed by atoms with E-state index in [0.29, 0.717) is 11.6 Å². The molecule has 0 unspecified atom stereocenters. The number of carbonyl (C=O) groups is 1. The molecule has 0 aliphatic heterocycles. The Labute approximate surface area is 113 Å². The molecule has 1 amide bonds. The molecule has 1 N–H and O–H groups in total. The van der Waals surface area contributed by atoms with Crippen molar-refractivity contribution in [1.29, 1.82) is 0 Å². The number of nitrogens with zero attached hydrogens (tertiary/aromatic N) is 2. The van der Waals surface area contributed by atoms with E-state index in [1.54, 1.807) is 36.1 Å². The number of benzene rings is 1. The van der Waals surface area contributed by atoms with Gasteiger partial charge in [-0.05, 0) is 24.3 Å². The Morgan fingerprint density at radius 1 is 1.39 bits per heavy atom. The normalized spacial score (nSPS) is 10.1. The Hall–Kier alpha value is -1.82. The van der Waals surface area contributed by atoms with Gasteiger partial charge in [-0.15, -0.1) is 0 Å². The molecule has 18 heavy (non-hydrogen) atoms. The van der Waals surface area contributed by atoms with Gasteiger partial charge in [-0.2, -0.15) is 5.10 Å². The van der Waals surface area contributed by atoms with Crippen LogP contribution < -0.4 is 10.1 Å². The Morgan fingerprint density at radius 2 is 2.11 bits per heavy atom. The number of aryl methyl sites for hydroxylation is 1. The van der Waals surface area contributed by atoms with Crippen LogP contribution in [0.5, 0.6) is 5.75 Å². The highest BCUT2D eigenvalue weighted by molar-refractivity contribution is 9.10. The number of halogens is 1. The summed E-state index contributed by atoms with van der Waals surface area (Å²) >= 11 is 3.33. The minimum absolute atomic E-state index is 0.0434. The van der Waals surface area contributed by atoms with E-state index in [-0.39, 0.29) is 12.5 Å². The van der Waals surface area contributed by atoms with Crippen LogP contribution >= 0.6 is 15.9 Å². The summed E-state index contributed by atoms with van der Waals surface area (Å²) in [4.78, 5) is 11.6. The Balaban J connectivity index is 1.83. The molecule has 5 nitrogen and oxygen atoms in total. The Kier molecular flexibility index (Phi) is 3.99. The summed E-state index contributed by atoms with van der Waals surface area (Å²) in [5.74, 6) is 0.924. The molecule has 0 aliphatic rings. The lowest BCUT2D eigenvalue weighted by molar-refractivity contribution is -0.118. The molecule has 6 heteroatoms. The molecule has 2 aromatic rings. The van der Waals surface area contributed by atoms with Crippen LogP contribution in [0.4, 0.5) is 5.82 Å². The summed E-state index contributed by atoms with van der Waals surface area (Å²) < 4.78 is 7.92. The van der Waals surface area contributed by atoms with Crippen molar-refractivity contribution in [2.45, 2.75) is 0 Å². The minimum Gasteiger partial charge on any atom is -0.484 e. The summed E-state index contributed by atoms with van der Waals surface area (Å²) in [5.41, 5.74) is 0. The maximum atomic E-state index is 11.6. The fraction of sp³-hybridized carbons (Fsp3) is 0.167. The highest BCUT2D eigenvalue weighted by Gasteiger charge is 2.05. The average Bonchev–Trinajstić information content (AvgIpc) is 2.74. The van der Waals surface area contributed by atoms with Crippen LogP contribution in [-0.2, 0) is 11.8 Å². The molecule has 0 spiro atoms. The van der Waals surface area contributed by atoms with Crippen LogP contribution in [0.15, 0.2) is 41.0 Å². The van der Waals surface area contributed by atoms with Crippen molar-refractivity contribution in [2.75, 3.05) is 11.9 Å². The third-order valence-corrected chi connectivity index (χ3v) is 2.69. The lowest BCUT2D eigenvalue weighted by atomic mass is 10.3. The second-order valence-corrected chi connectivity index (χ2v) is 4.58. The highest BCUT2D eigenvalue weighted by atomic mass is 79.9. The van der Waals surface area contributed by atoms with E-state index < -0.39 is 0 Å². The largest absolute Gasteiger partial charge is 0.484 e. The van der Waals surface area contributed by atoms with Gasteiger partial charge in [0.15, 0.2) is 12.4 Å². The molecule has 0 atom stereocenters. The van der Waals surface area contributed by atoms with Crippen molar-refractivity contribution < 1.29 is 9.53 Å². The molecular weight excluding hydrogens is 298 g/mol. The summed E-state index contributed by atoms with van der Waals surface area (Å²) in [6, 6.07) is 9.01. The van der Waals surface area contributed by atoms with E-state index in [0.717, 1.165) is 4.47 Å². The number of ether oxygens (including phenoxy) is 1. The molecule has 0 radical (unpaired) electrons. The smallest absolute Gasteiger partial charge is 0.263 e. The molecule has 0 bridgehead atoms. The van der Waals surface area contributed by atoms with Crippen molar-refractivity contribution in [2.24, 2.45) is 7.05 Å². The van der Waals surface area contributed by atoms with Crippen LogP contribution in [0.1, 0.15) is 0 Å². The predicted molar refractivity (Wildman–Crippen MR) is 71.5 cm³/mol. The van der Waals surface area contributed by atoms with Crippen LogP contribution in [0.2, 0.25) is 0 Å². The van der Waals surface area contributed by atoms with Crippen LogP contribution in [-0.4, -0.2) is 22.3 Å². The molecule has 2 rings (SSSR count). The van der Waals surface area contributed by atoms with Gasteiger partial charge in [0.05, 0.1) is 0 Å². The number of anilines is 1. The van der Waals surface area contributed by atoms with E-state index in [1.807, 2.05) is 12.1 Å². The Bertz CT molecular complexity index is 537. The molecule has 1 aromatic carbocycles. The van der Waals surface area contributed by atoms with Gasteiger partial charge in [0.25, 0.3) is 5.91 Å². The first-order valence-corrected chi connectivity index (χ1v) is 6.10. The highest BCUT2D eigenvalue weighted by Crippen LogP contribution is 2.15. The number of rotatable bonds is 4. The van der Waals surface area contributed by atoms with Crippen LogP contribution in [0.3, 0.4) is 0 Å². The predicted octanol–water partition coefficient (Wildman–Crippen LogP) is 2.20. The summed E-state index contributed by atoms with van der Waals surface area (Å²) in [6.07, 6.45) is 1.76. The average molecular weight is 310 g/mol. The monoisotopic (exact) mass is 309 g/mol. The van der Waals surface area contributed by atoms with Crippen molar-refractivity contribution in [3.63, 3.8) is 0 Å². The maximum Gasteiger partial charge on any atom is 0.263 e. The Morgan fingerprint density at radius 3 is 2.72 bits per heavy atom. The number of hydrogen-bond donors (Lipinski definition) is 1. The third-order valence-electron chi connectivity index (χ3n) is 2.16. The van der Waals surface area contributed by atoms with Gasteiger partial charge in [0, 0.05) is 23.8 Å². The first-order valence-electron chi connectivity index (χ1n) is 5.31. The molecule has 1 heterocycles. The summed E-state index contributed by atoms with van der Waals surface area (Å²) in [5, 5.41) is 6.68. The van der Waals surface area contributed by atoms with Crippen molar-refractivity contribution in [1.82, 2.24) is 9.78 Å². The number of amides is 1. The molecular formula is C12H12BrN3O2. The molecule has 0 saturated heterocycles. The number of nitrogens with one attached hydrogen (secondary N) is 1. The topological polar surface area (TPSA) is 56.2 Å². The zero-order valence-electron chi connectivity index (χ0n) is 9.76. The van der Waals surface area contributed by atoms with Gasteiger partial charge < -0.3 is 10.1 Å². The van der Waals surface area contributed by atoms with Crippen LogP contribution in [0, 0.1) is 0 Å². The minimum atomic E-state index is -0.239. The second kappa shape index (κ2) is 5.68. The van der Waals surface area contributed by atoms with E-state index in [4.69, 9.17) is 4.74 Å². The SMILES string of the molecule is Cn1ccc(NC(=O)COc2ccc(Br)cc2)n1. The first-order chi connectivity index (χ1) is 8.63. The van der Waals surface area contributed by atoms with Crippen LogP contribution in [0.25, 0.3) is 0 Å². The van der Waals surface area contributed by atoms with E-state index in [1.165, 1.54) is 0 Å². The van der Waals surface area contributed by atoms with Gasteiger partial charge in [-0.25, -0.2) is 0 Å².